The summed E-state index contributed by atoms with van der Waals surface area (Å²) < 4.78 is 30.8. The number of sulfone groups is 1. The van der Waals surface area contributed by atoms with Crippen LogP contribution in [0.5, 0.6) is 5.75 Å². The molecule has 0 radical (unpaired) electrons. The van der Waals surface area contributed by atoms with E-state index in [1.54, 1.807) is 17.9 Å². The third-order valence-electron chi connectivity index (χ3n) is 5.15. The Kier molecular flexibility index (Phi) is 5.92. The number of aromatic nitrogens is 2. The van der Waals surface area contributed by atoms with Crippen molar-refractivity contribution in [2.45, 2.75) is 18.9 Å². The van der Waals surface area contributed by atoms with Crippen molar-refractivity contribution in [1.29, 1.82) is 0 Å². The summed E-state index contributed by atoms with van der Waals surface area (Å²) >= 11 is 1.54. The predicted octanol–water partition coefficient (Wildman–Crippen LogP) is 2.95. The minimum atomic E-state index is -3.06. The third-order valence-corrected chi connectivity index (χ3v) is 7.80. The van der Waals surface area contributed by atoms with Crippen LogP contribution in [0.15, 0.2) is 47.8 Å². The zero-order chi connectivity index (χ0) is 21.1. The maximum atomic E-state index is 12.7. The molecule has 0 saturated carbocycles. The molecule has 0 spiro atoms. The molecule has 2 aromatic heterocycles. The number of nitrogens with zero attached hydrogens (tertiary/aromatic N) is 2. The molecule has 1 aliphatic heterocycles. The molecule has 158 valence electrons. The average Bonchev–Trinajstić information content (AvgIpc) is 3.47. The first-order valence-corrected chi connectivity index (χ1v) is 12.4. The SMILES string of the molecule is COc1ccc(CCNC(=O)c2cc(-c3cccs3)n([C@@H]3CCS(=O)(=O)C3)n2)cc1. The van der Waals surface area contributed by atoms with Gasteiger partial charge in [-0.15, -0.1) is 11.3 Å². The van der Waals surface area contributed by atoms with Crippen LogP contribution in [0.1, 0.15) is 28.5 Å². The molecule has 1 aliphatic rings. The molecule has 3 aromatic rings. The second-order valence-corrected chi connectivity index (χ2v) is 10.4. The number of carbonyl (C=O) groups is 1. The summed E-state index contributed by atoms with van der Waals surface area (Å²) in [5, 5.41) is 9.35. The molecule has 0 bridgehead atoms. The number of nitrogens with one attached hydrogen (secondary N) is 1. The van der Waals surface area contributed by atoms with Crippen molar-refractivity contribution >= 4 is 27.1 Å². The summed E-state index contributed by atoms with van der Waals surface area (Å²) in [5.74, 6) is 0.750. The highest BCUT2D eigenvalue weighted by Gasteiger charge is 2.32. The van der Waals surface area contributed by atoms with Gasteiger partial charge in [-0.2, -0.15) is 5.10 Å². The fourth-order valence-corrected chi connectivity index (χ4v) is 5.99. The zero-order valence-electron chi connectivity index (χ0n) is 16.6. The van der Waals surface area contributed by atoms with E-state index in [2.05, 4.69) is 10.4 Å². The average molecular weight is 446 g/mol. The molecule has 1 atom stereocenters. The summed E-state index contributed by atoms with van der Waals surface area (Å²) in [4.78, 5) is 13.7. The number of methoxy groups -OCH3 is 1. The van der Waals surface area contributed by atoms with E-state index in [1.165, 1.54) is 11.3 Å². The molecular formula is C21H23N3O4S2. The maximum absolute atomic E-state index is 12.7. The van der Waals surface area contributed by atoms with E-state index in [4.69, 9.17) is 4.74 Å². The molecular weight excluding hydrogens is 422 g/mol. The van der Waals surface area contributed by atoms with Crippen LogP contribution in [0.2, 0.25) is 0 Å². The fourth-order valence-electron chi connectivity index (χ4n) is 3.56. The van der Waals surface area contributed by atoms with Crippen molar-refractivity contribution in [3.8, 4) is 16.3 Å². The van der Waals surface area contributed by atoms with Gasteiger partial charge >= 0.3 is 0 Å². The molecule has 7 nitrogen and oxygen atoms in total. The van der Waals surface area contributed by atoms with Gasteiger partial charge in [0.25, 0.3) is 5.91 Å². The van der Waals surface area contributed by atoms with Gasteiger partial charge in [0, 0.05) is 6.54 Å². The predicted molar refractivity (Wildman–Crippen MR) is 117 cm³/mol. The molecule has 3 heterocycles. The summed E-state index contributed by atoms with van der Waals surface area (Å²) in [7, 11) is -1.43. The first kappa shape index (κ1) is 20.6. The van der Waals surface area contributed by atoms with Gasteiger partial charge < -0.3 is 10.1 Å². The Morgan fingerprint density at radius 3 is 2.73 bits per heavy atom. The standard InChI is InChI=1S/C21H23N3O4S2/c1-28-17-6-4-15(5-7-17)8-10-22-21(25)18-13-19(20-3-2-11-29-20)24(23-18)16-9-12-30(26,27)14-16/h2-7,11,13,16H,8-10,12,14H2,1H3,(H,22,25)/t16-/m1/s1. The molecule has 1 fully saturated rings. The normalized spacial score (nSPS) is 17.7. The molecule has 30 heavy (non-hydrogen) atoms. The summed E-state index contributed by atoms with van der Waals surface area (Å²) in [5.41, 5.74) is 2.18. The van der Waals surface area contributed by atoms with Gasteiger partial charge in [-0.1, -0.05) is 18.2 Å². The van der Waals surface area contributed by atoms with E-state index in [1.807, 2.05) is 41.8 Å². The van der Waals surface area contributed by atoms with Crippen molar-refractivity contribution in [3.63, 3.8) is 0 Å². The largest absolute Gasteiger partial charge is 0.497 e. The molecule has 1 aromatic carbocycles. The highest BCUT2D eigenvalue weighted by atomic mass is 32.2. The van der Waals surface area contributed by atoms with Crippen LogP contribution in [0, 0.1) is 0 Å². The molecule has 0 unspecified atom stereocenters. The van der Waals surface area contributed by atoms with Crippen LogP contribution in [-0.4, -0.2) is 49.3 Å². The highest BCUT2D eigenvalue weighted by Crippen LogP contribution is 2.32. The van der Waals surface area contributed by atoms with Gasteiger partial charge in [0.05, 0.1) is 35.2 Å². The molecule has 9 heteroatoms. The third kappa shape index (κ3) is 4.57. The summed E-state index contributed by atoms with van der Waals surface area (Å²) in [6.45, 7) is 0.476. The van der Waals surface area contributed by atoms with Crippen molar-refractivity contribution in [2.75, 3.05) is 25.2 Å². The number of ether oxygens (including phenoxy) is 1. The van der Waals surface area contributed by atoms with Crippen molar-refractivity contribution in [1.82, 2.24) is 15.1 Å². The topological polar surface area (TPSA) is 90.3 Å². The number of benzene rings is 1. The van der Waals surface area contributed by atoms with Gasteiger partial charge in [0.2, 0.25) is 0 Å². The maximum Gasteiger partial charge on any atom is 0.271 e. The number of hydrogen-bond donors (Lipinski definition) is 1. The van der Waals surface area contributed by atoms with Gasteiger partial charge in [-0.05, 0) is 48.1 Å². The van der Waals surface area contributed by atoms with E-state index in [0.717, 1.165) is 21.9 Å². The van der Waals surface area contributed by atoms with Crippen LogP contribution in [-0.2, 0) is 16.3 Å². The van der Waals surface area contributed by atoms with Gasteiger partial charge in [-0.3, -0.25) is 9.48 Å². The molecule has 4 rings (SSSR count). The lowest BCUT2D eigenvalue weighted by atomic mass is 10.1. The van der Waals surface area contributed by atoms with E-state index >= 15 is 0 Å². The number of thiophene rings is 1. The van der Waals surface area contributed by atoms with Gasteiger partial charge in [0.15, 0.2) is 15.5 Å². The first-order valence-electron chi connectivity index (χ1n) is 9.70. The van der Waals surface area contributed by atoms with E-state index < -0.39 is 9.84 Å². The molecule has 1 amide bonds. The van der Waals surface area contributed by atoms with Crippen molar-refractivity contribution in [2.24, 2.45) is 0 Å². The Morgan fingerprint density at radius 2 is 2.10 bits per heavy atom. The molecule has 0 aliphatic carbocycles. The number of rotatable bonds is 7. The lowest BCUT2D eigenvalue weighted by Crippen LogP contribution is -2.26. The zero-order valence-corrected chi connectivity index (χ0v) is 18.2. The van der Waals surface area contributed by atoms with Crippen LogP contribution < -0.4 is 10.1 Å². The summed E-state index contributed by atoms with van der Waals surface area (Å²) in [6, 6.07) is 13.1. The Bertz CT molecular complexity index is 1120. The quantitative estimate of drug-likeness (QED) is 0.604. The fraction of sp³-hybridized carbons (Fsp3) is 0.333. The Labute approximate surface area is 179 Å². The van der Waals surface area contributed by atoms with Crippen LogP contribution in [0.25, 0.3) is 10.6 Å². The second kappa shape index (κ2) is 8.61. The lowest BCUT2D eigenvalue weighted by Gasteiger charge is -2.12. The van der Waals surface area contributed by atoms with Crippen molar-refractivity contribution in [3.05, 3.63) is 59.1 Å². The van der Waals surface area contributed by atoms with Crippen LogP contribution >= 0.6 is 11.3 Å². The highest BCUT2D eigenvalue weighted by molar-refractivity contribution is 7.91. The lowest BCUT2D eigenvalue weighted by molar-refractivity contribution is 0.0948. The summed E-state index contributed by atoms with van der Waals surface area (Å²) in [6.07, 6.45) is 1.20. The van der Waals surface area contributed by atoms with E-state index in [-0.39, 0.29) is 23.5 Å². The Balaban J connectivity index is 1.47. The monoisotopic (exact) mass is 445 g/mol. The van der Waals surface area contributed by atoms with Gasteiger partial charge in [0.1, 0.15) is 5.75 Å². The number of amides is 1. The van der Waals surface area contributed by atoms with Gasteiger partial charge in [-0.25, -0.2) is 8.42 Å². The Morgan fingerprint density at radius 1 is 1.30 bits per heavy atom. The van der Waals surface area contributed by atoms with E-state index in [9.17, 15) is 13.2 Å². The van der Waals surface area contributed by atoms with E-state index in [0.29, 0.717) is 25.1 Å². The van der Waals surface area contributed by atoms with Crippen LogP contribution in [0.4, 0.5) is 0 Å². The molecule has 1 N–H and O–H groups in total. The first-order chi connectivity index (χ1) is 14.4. The minimum absolute atomic E-state index is 0.0611. The minimum Gasteiger partial charge on any atom is -0.497 e. The Hall–Kier alpha value is -2.65. The van der Waals surface area contributed by atoms with Crippen LogP contribution in [0.3, 0.4) is 0 Å². The van der Waals surface area contributed by atoms with Crippen molar-refractivity contribution < 1.29 is 17.9 Å². The number of hydrogen-bond acceptors (Lipinski definition) is 6. The smallest absolute Gasteiger partial charge is 0.271 e. The number of carbonyl (C=O) groups excluding carboxylic acids is 1. The molecule has 1 saturated heterocycles. The second-order valence-electron chi connectivity index (χ2n) is 7.25.